The Bertz CT molecular complexity index is 1450. The molecular formula is C28H25F6N5O2. The van der Waals surface area contributed by atoms with Crippen molar-refractivity contribution >= 4 is 29.9 Å². The summed E-state index contributed by atoms with van der Waals surface area (Å²) in [5.74, 6) is 0. The van der Waals surface area contributed by atoms with E-state index in [4.69, 9.17) is 11.1 Å². The lowest BCUT2D eigenvalue weighted by atomic mass is 9.93. The van der Waals surface area contributed by atoms with Gasteiger partial charge in [0.1, 0.15) is 6.29 Å². The van der Waals surface area contributed by atoms with E-state index in [0.717, 1.165) is 11.3 Å². The van der Waals surface area contributed by atoms with E-state index < -0.39 is 35.6 Å². The first-order valence-electron chi connectivity index (χ1n) is 11.9. The fraction of sp³-hybridized carbons (Fsp3) is 0.179. The van der Waals surface area contributed by atoms with Gasteiger partial charge in [-0.1, -0.05) is 24.3 Å². The third-order valence-electron chi connectivity index (χ3n) is 6.14. The zero-order valence-corrected chi connectivity index (χ0v) is 21.7. The van der Waals surface area contributed by atoms with Gasteiger partial charge in [-0.25, -0.2) is 4.79 Å². The third-order valence-corrected chi connectivity index (χ3v) is 6.14. The summed E-state index contributed by atoms with van der Waals surface area (Å²) in [5, 5.41) is 15.0. The number of carbonyl (C=O) groups excluding carboxylic acids is 2. The zero-order chi connectivity index (χ0) is 30.5. The molecule has 216 valence electrons. The molecule has 41 heavy (non-hydrogen) atoms. The Morgan fingerprint density at radius 1 is 0.902 bits per heavy atom. The van der Waals surface area contributed by atoms with Gasteiger partial charge in [0.2, 0.25) is 0 Å². The second-order valence-electron chi connectivity index (χ2n) is 8.88. The number of nitrogen functional groups attached to an aromatic ring is 1. The van der Waals surface area contributed by atoms with E-state index in [-0.39, 0.29) is 22.8 Å². The van der Waals surface area contributed by atoms with E-state index in [1.807, 2.05) is 19.2 Å². The fourth-order valence-corrected chi connectivity index (χ4v) is 3.97. The lowest BCUT2D eigenvalue weighted by molar-refractivity contribution is -0.143. The number of allylic oxidation sites excluding steroid dienone is 1. The average Bonchev–Trinajstić information content (AvgIpc) is 2.92. The van der Waals surface area contributed by atoms with Gasteiger partial charge in [0.25, 0.3) is 0 Å². The summed E-state index contributed by atoms with van der Waals surface area (Å²) < 4.78 is 78.4. The average molecular weight is 578 g/mol. The summed E-state index contributed by atoms with van der Waals surface area (Å²) in [5.41, 5.74) is 5.99. The van der Waals surface area contributed by atoms with Crippen LogP contribution in [0.25, 0.3) is 11.1 Å². The minimum absolute atomic E-state index is 0.0619. The molecule has 3 aromatic carbocycles. The second-order valence-corrected chi connectivity index (χ2v) is 8.88. The fourth-order valence-electron chi connectivity index (χ4n) is 3.97. The van der Waals surface area contributed by atoms with Crippen LogP contribution in [-0.4, -0.2) is 25.6 Å². The monoisotopic (exact) mass is 577 g/mol. The number of nitrogens with two attached hydrogens (primary N) is 1. The number of alkyl halides is 6. The molecule has 1 aliphatic heterocycles. The molecule has 3 aromatic rings. The Morgan fingerprint density at radius 2 is 1.49 bits per heavy atom. The Kier molecular flexibility index (Phi) is 9.10. The lowest BCUT2D eigenvalue weighted by Crippen LogP contribution is -2.43. The third kappa shape index (κ3) is 7.44. The quantitative estimate of drug-likeness (QED) is 0.103. The number of hydrogen-bond donors (Lipinski definition) is 5. The zero-order valence-electron chi connectivity index (χ0n) is 21.7. The Hall–Kier alpha value is -4.81. The van der Waals surface area contributed by atoms with E-state index in [9.17, 15) is 35.9 Å². The number of hydrogen-bond acceptors (Lipinski definition) is 5. The van der Waals surface area contributed by atoms with Gasteiger partial charge in [-0.15, -0.1) is 0 Å². The molecule has 4 rings (SSSR count). The van der Waals surface area contributed by atoms with Crippen LogP contribution in [0.15, 0.2) is 71.9 Å². The van der Waals surface area contributed by atoms with E-state index in [0.29, 0.717) is 35.4 Å². The van der Waals surface area contributed by atoms with Crippen molar-refractivity contribution in [1.82, 2.24) is 10.6 Å². The van der Waals surface area contributed by atoms with Crippen LogP contribution in [0.3, 0.4) is 0 Å². The number of carbonyl (C=O) groups is 2. The maximum Gasteiger partial charge on any atom is 0.416 e. The van der Waals surface area contributed by atoms with Crippen LogP contribution in [0, 0.1) is 5.41 Å². The molecule has 1 heterocycles. The number of urea groups is 1. The molecule has 0 aromatic heterocycles. The molecule has 2 amide bonds. The van der Waals surface area contributed by atoms with Crippen molar-refractivity contribution in [3.05, 3.63) is 94.2 Å². The van der Waals surface area contributed by atoms with Crippen molar-refractivity contribution in [2.75, 3.05) is 18.1 Å². The molecule has 7 nitrogen and oxygen atoms in total. The maximum absolute atomic E-state index is 13.1. The first-order valence-corrected chi connectivity index (χ1v) is 11.9. The van der Waals surface area contributed by atoms with Crippen molar-refractivity contribution in [2.45, 2.75) is 25.3 Å². The van der Waals surface area contributed by atoms with Crippen molar-refractivity contribution in [3.63, 3.8) is 0 Å². The van der Waals surface area contributed by atoms with Crippen LogP contribution in [0.2, 0.25) is 0 Å². The van der Waals surface area contributed by atoms with E-state index in [1.165, 1.54) is 37.4 Å². The molecule has 0 saturated heterocycles. The van der Waals surface area contributed by atoms with Crippen molar-refractivity contribution in [2.24, 2.45) is 0 Å². The molecule has 0 bridgehead atoms. The minimum Gasteiger partial charge on any atom is -0.398 e. The Morgan fingerprint density at radius 3 is 1.98 bits per heavy atom. The first kappa shape index (κ1) is 30.7. The van der Waals surface area contributed by atoms with Crippen LogP contribution in [0.5, 0.6) is 0 Å². The molecule has 0 aliphatic carbocycles. The molecule has 1 atom stereocenters. The van der Waals surface area contributed by atoms with E-state index >= 15 is 0 Å². The van der Waals surface area contributed by atoms with Crippen LogP contribution in [0.1, 0.15) is 35.2 Å². The normalized spacial score (nSPS) is 15.2. The molecule has 0 fully saturated rings. The standard InChI is InChI=1S/C20H14F6N2O2.C8H11N3/c1-10-16(9-29)17(28-18(30)27-10)12-4-2-11(3-5-12)13-6-14(19(21,22)23)8-15(7-13)20(24,25)26;1-11-7-2-3-8(10)6(4-7)5-9/h2-9,17H,1H3,(H2,27,28,30);2-5,9,11H,10H2,1H3. The number of halogens is 6. The van der Waals surface area contributed by atoms with Crippen molar-refractivity contribution in [1.29, 1.82) is 5.41 Å². The van der Waals surface area contributed by atoms with Crippen molar-refractivity contribution < 1.29 is 35.9 Å². The second kappa shape index (κ2) is 12.1. The van der Waals surface area contributed by atoms with Gasteiger partial charge in [0.15, 0.2) is 0 Å². The highest BCUT2D eigenvalue weighted by Gasteiger charge is 2.37. The number of nitrogens with one attached hydrogen (secondary N) is 4. The number of rotatable bonds is 5. The SMILES string of the molecule is CC1=C(C=O)C(c2ccc(-c3cc(C(F)(F)F)cc(C(F)(F)F)c3)cc2)NC(=O)N1.CNc1ccc(N)c(C=N)c1. The number of benzene rings is 3. The summed E-state index contributed by atoms with van der Waals surface area (Å²) in [7, 11) is 1.83. The predicted molar refractivity (Wildman–Crippen MR) is 143 cm³/mol. The predicted octanol–water partition coefficient (Wildman–Crippen LogP) is 6.53. The van der Waals surface area contributed by atoms with Gasteiger partial charge in [-0.2, -0.15) is 26.3 Å². The summed E-state index contributed by atoms with van der Waals surface area (Å²) in [6.07, 6.45) is -8.09. The summed E-state index contributed by atoms with van der Waals surface area (Å²) >= 11 is 0. The minimum atomic E-state index is -4.95. The number of amides is 2. The maximum atomic E-state index is 13.1. The van der Waals surface area contributed by atoms with Crippen LogP contribution in [-0.2, 0) is 17.1 Å². The summed E-state index contributed by atoms with van der Waals surface area (Å²) in [6.45, 7) is 1.53. The Balaban J connectivity index is 0.000000352. The van der Waals surface area contributed by atoms with Gasteiger partial charge < -0.3 is 27.1 Å². The highest BCUT2D eigenvalue weighted by molar-refractivity contribution is 5.87. The lowest BCUT2D eigenvalue weighted by Gasteiger charge is -2.26. The molecule has 13 heteroatoms. The summed E-state index contributed by atoms with van der Waals surface area (Å²) in [4.78, 5) is 23.0. The molecule has 0 radical (unpaired) electrons. The molecule has 0 spiro atoms. The van der Waals surface area contributed by atoms with E-state index in [2.05, 4.69) is 16.0 Å². The van der Waals surface area contributed by atoms with Crippen LogP contribution < -0.4 is 21.7 Å². The summed E-state index contributed by atoms with van der Waals surface area (Å²) in [6, 6.07) is 11.0. The highest BCUT2D eigenvalue weighted by atomic mass is 19.4. The van der Waals surface area contributed by atoms with E-state index in [1.54, 1.807) is 6.07 Å². The molecular weight excluding hydrogens is 552 g/mol. The number of anilines is 2. The molecule has 6 N–H and O–H groups in total. The van der Waals surface area contributed by atoms with Gasteiger partial charge in [-0.3, -0.25) is 4.79 Å². The smallest absolute Gasteiger partial charge is 0.398 e. The van der Waals surface area contributed by atoms with Gasteiger partial charge in [-0.05, 0) is 60.0 Å². The van der Waals surface area contributed by atoms with Gasteiger partial charge in [0, 0.05) is 41.5 Å². The molecule has 1 aliphatic rings. The Labute approximate surface area is 230 Å². The number of aldehydes is 1. The van der Waals surface area contributed by atoms with Gasteiger partial charge in [0.05, 0.1) is 17.2 Å². The highest BCUT2D eigenvalue weighted by Crippen LogP contribution is 2.39. The molecule has 1 unspecified atom stereocenters. The largest absolute Gasteiger partial charge is 0.416 e. The topological polar surface area (TPSA) is 120 Å². The molecule has 0 saturated carbocycles. The van der Waals surface area contributed by atoms with Crippen LogP contribution in [0.4, 0.5) is 42.5 Å². The van der Waals surface area contributed by atoms with Gasteiger partial charge >= 0.3 is 18.4 Å². The van der Waals surface area contributed by atoms with Crippen molar-refractivity contribution in [3.8, 4) is 11.1 Å². The van der Waals surface area contributed by atoms with Crippen LogP contribution >= 0.6 is 0 Å². The first-order chi connectivity index (χ1) is 19.2.